The molecule has 3 nitrogen and oxygen atoms in total. The molecule has 1 aliphatic carbocycles. The van der Waals surface area contributed by atoms with Crippen LogP contribution in [0.25, 0.3) is 0 Å². The van der Waals surface area contributed by atoms with Crippen molar-refractivity contribution in [2.45, 2.75) is 45.4 Å². The zero-order valence-corrected chi connectivity index (χ0v) is 12.6. The minimum atomic E-state index is -0.177. The maximum atomic E-state index is 12.4. The molecule has 0 bridgehead atoms. The first kappa shape index (κ1) is 15.6. The van der Waals surface area contributed by atoms with Crippen molar-refractivity contribution in [2.75, 3.05) is 11.9 Å². The highest BCUT2D eigenvalue weighted by Gasteiger charge is 2.20. The molecule has 3 heteroatoms. The van der Waals surface area contributed by atoms with E-state index in [9.17, 15) is 4.79 Å². The molecule has 1 aliphatic rings. The van der Waals surface area contributed by atoms with Crippen LogP contribution in [0.4, 0.5) is 5.69 Å². The standard InChI is InChI=1S/C18H23NO2/c1-14-10-11-15(9-6-12-20)17(13-14)19-18(21)16-7-4-2-3-5-8-16/h10-11,13,16,20H,2-5,7-8,12H2,1H3,(H,19,21). The number of nitrogens with one attached hydrogen (secondary N) is 1. The molecule has 1 aromatic rings. The molecule has 0 radical (unpaired) electrons. The van der Waals surface area contributed by atoms with Crippen molar-refractivity contribution >= 4 is 11.6 Å². The summed E-state index contributed by atoms with van der Waals surface area (Å²) in [5, 5.41) is 11.9. The van der Waals surface area contributed by atoms with E-state index in [0.29, 0.717) is 0 Å². The van der Waals surface area contributed by atoms with Gasteiger partial charge in [-0.1, -0.05) is 43.6 Å². The second-order valence-corrected chi connectivity index (χ2v) is 5.69. The number of hydrogen-bond acceptors (Lipinski definition) is 2. The molecule has 1 saturated carbocycles. The first-order valence-corrected chi connectivity index (χ1v) is 7.72. The van der Waals surface area contributed by atoms with Gasteiger partial charge in [0.1, 0.15) is 6.61 Å². The Labute approximate surface area is 126 Å². The average Bonchev–Trinajstić information content (AvgIpc) is 2.75. The van der Waals surface area contributed by atoms with Crippen LogP contribution in [-0.2, 0) is 4.79 Å². The van der Waals surface area contributed by atoms with Crippen LogP contribution in [0.2, 0.25) is 0 Å². The quantitative estimate of drug-likeness (QED) is 0.647. The fourth-order valence-electron chi connectivity index (χ4n) is 2.78. The van der Waals surface area contributed by atoms with E-state index in [1.807, 2.05) is 25.1 Å². The van der Waals surface area contributed by atoms with Crippen molar-refractivity contribution in [3.05, 3.63) is 29.3 Å². The summed E-state index contributed by atoms with van der Waals surface area (Å²) in [5.41, 5.74) is 2.60. The lowest BCUT2D eigenvalue weighted by Crippen LogP contribution is -2.22. The molecule has 2 rings (SSSR count). The van der Waals surface area contributed by atoms with E-state index >= 15 is 0 Å². The number of aryl methyl sites for hydroxylation is 1. The first-order chi connectivity index (χ1) is 10.2. The lowest BCUT2D eigenvalue weighted by Gasteiger charge is -2.15. The van der Waals surface area contributed by atoms with Crippen LogP contribution in [0.5, 0.6) is 0 Å². The molecule has 0 spiro atoms. The third-order valence-electron chi connectivity index (χ3n) is 3.96. The highest BCUT2D eigenvalue weighted by Crippen LogP contribution is 2.25. The van der Waals surface area contributed by atoms with Crippen LogP contribution in [0, 0.1) is 24.7 Å². The van der Waals surface area contributed by atoms with Crippen LogP contribution in [0.15, 0.2) is 18.2 Å². The lowest BCUT2D eigenvalue weighted by molar-refractivity contribution is -0.120. The van der Waals surface area contributed by atoms with E-state index in [0.717, 1.165) is 42.5 Å². The molecule has 0 atom stereocenters. The summed E-state index contributed by atoms with van der Waals surface area (Å²) in [7, 11) is 0. The van der Waals surface area contributed by atoms with E-state index in [4.69, 9.17) is 5.11 Å². The molecule has 0 unspecified atom stereocenters. The summed E-state index contributed by atoms with van der Waals surface area (Å²) in [5.74, 6) is 5.76. The summed E-state index contributed by atoms with van der Waals surface area (Å²) < 4.78 is 0. The number of carbonyl (C=O) groups excluding carboxylic acids is 1. The van der Waals surface area contributed by atoms with Gasteiger partial charge in [0.2, 0.25) is 5.91 Å². The van der Waals surface area contributed by atoms with E-state index < -0.39 is 0 Å². The molecule has 21 heavy (non-hydrogen) atoms. The molecule has 1 aromatic carbocycles. The number of hydrogen-bond donors (Lipinski definition) is 2. The predicted octanol–water partition coefficient (Wildman–Crippen LogP) is 3.25. The van der Waals surface area contributed by atoms with Crippen molar-refractivity contribution in [2.24, 2.45) is 5.92 Å². The van der Waals surface area contributed by atoms with Crippen molar-refractivity contribution in [3.8, 4) is 11.8 Å². The van der Waals surface area contributed by atoms with Crippen LogP contribution >= 0.6 is 0 Å². The molecule has 0 saturated heterocycles. The fourth-order valence-corrected chi connectivity index (χ4v) is 2.78. The zero-order chi connectivity index (χ0) is 15.1. The summed E-state index contributed by atoms with van der Waals surface area (Å²) >= 11 is 0. The Balaban J connectivity index is 2.13. The smallest absolute Gasteiger partial charge is 0.227 e. The minimum absolute atomic E-state index is 0.106. The summed E-state index contributed by atoms with van der Waals surface area (Å²) in [4.78, 5) is 12.4. The van der Waals surface area contributed by atoms with Gasteiger partial charge in [-0.3, -0.25) is 4.79 Å². The van der Waals surface area contributed by atoms with Gasteiger partial charge in [-0.25, -0.2) is 0 Å². The maximum absolute atomic E-state index is 12.4. The Morgan fingerprint density at radius 3 is 2.67 bits per heavy atom. The van der Waals surface area contributed by atoms with Crippen LogP contribution in [0.3, 0.4) is 0 Å². The average molecular weight is 285 g/mol. The number of benzene rings is 1. The van der Waals surface area contributed by atoms with Gasteiger partial charge in [-0.2, -0.15) is 0 Å². The highest BCUT2D eigenvalue weighted by atomic mass is 16.2. The topological polar surface area (TPSA) is 49.3 Å². The van der Waals surface area contributed by atoms with Gasteiger partial charge in [-0.15, -0.1) is 0 Å². The molecule has 1 amide bonds. The molecule has 112 valence electrons. The second kappa shape index (κ2) is 7.85. The number of aliphatic hydroxyl groups excluding tert-OH is 1. The Kier molecular flexibility index (Phi) is 5.83. The Bertz CT molecular complexity index is 546. The van der Waals surface area contributed by atoms with Gasteiger partial charge in [-0.05, 0) is 37.5 Å². The Morgan fingerprint density at radius 2 is 2.00 bits per heavy atom. The normalized spacial score (nSPS) is 15.7. The molecule has 2 N–H and O–H groups in total. The number of carbonyl (C=O) groups is 1. The number of aliphatic hydroxyl groups is 1. The monoisotopic (exact) mass is 285 g/mol. The largest absolute Gasteiger partial charge is 0.384 e. The van der Waals surface area contributed by atoms with Crippen molar-refractivity contribution in [1.29, 1.82) is 0 Å². The van der Waals surface area contributed by atoms with Gasteiger partial charge in [0.25, 0.3) is 0 Å². The number of rotatable bonds is 2. The third kappa shape index (κ3) is 4.61. The molecule has 1 fully saturated rings. The van der Waals surface area contributed by atoms with E-state index in [-0.39, 0.29) is 18.4 Å². The van der Waals surface area contributed by atoms with E-state index in [2.05, 4.69) is 17.2 Å². The van der Waals surface area contributed by atoms with Gasteiger partial charge in [0, 0.05) is 11.5 Å². The molecule has 0 aromatic heterocycles. The fraction of sp³-hybridized carbons (Fsp3) is 0.500. The van der Waals surface area contributed by atoms with Crippen molar-refractivity contribution < 1.29 is 9.90 Å². The Hall–Kier alpha value is -1.79. The molecule has 0 heterocycles. The van der Waals surface area contributed by atoms with Gasteiger partial charge < -0.3 is 10.4 Å². The second-order valence-electron chi connectivity index (χ2n) is 5.69. The molecular formula is C18H23NO2. The summed E-state index contributed by atoms with van der Waals surface area (Å²) in [6.45, 7) is 1.81. The molecular weight excluding hydrogens is 262 g/mol. The van der Waals surface area contributed by atoms with Gasteiger partial charge >= 0.3 is 0 Å². The number of amides is 1. The van der Waals surface area contributed by atoms with Crippen LogP contribution < -0.4 is 5.32 Å². The summed E-state index contributed by atoms with van der Waals surface area (Å²) in [6, 6.07) is 5.79. The van der Waals surface area contributed by atoms with Crippen molar-refractivity contribution in [3.63, 3.8) is 0 Å². The molecule has 0 aliphatic heterocycles. The SMILES string of the molecule is Cc1ccc(C#CCO)c(NC(=O)C2CCCCCC2)c1. The van der Waals surface area contributed by atoms with E-state index in [1.54, 1.807) is 0 Å². The van der Waals surface area contributed by atoms with Gasteiger partial charge in [0.15, 0.2) is 0 Å². The van der Waals surface area contributed by atoms with Crippen molar-refractivity contribution in [1.82, 2.24) is 0 Å². The number of anilines is 1. The predicted molar refractivity (Wildman–Crippen MR) is 85.0 cm³/mol. The maximum Gasteiger partial charge on any atom is 0.227 e. The highest BCUT2D eigenvalue weighted by molar-refractivity contribution is 5.94. The third-order valence-corrected chi connectivity index (χ3v) is 3.96. The van der Waals surface area contributed by atoms with Crippen LogP contribution in [0.1, 0.15) is 49.7 Å². The lowest BCUT2D eigenvalue weighted by atomic mass is 9.99. The van der Waals surface area contributed by atoms with Gasteiger partial charge in [0.05, 0.1) is 5.69 Å². The van der Waals surface area contributed by atoms with E-state index in [1.165, 1.54) is 12.8 Å². The van der Waals surface area contributed by atoms with Crippen LogP contribution in [-0.4, -0.2) is 17.6 Å². The minimum Gasteiger partial charge on any atom is -0.384 e. The summed E-state index contributed by atoms with van der Waals surface area (Å²) in [6.07, 6.45) is 6.72. The Morgan fingerprint density at radius 1 is 1.29 bits per heavy atom. The zero-order valence-electron chi connectivity index (χ0n) is 12.6. The first-order valence-electron chi connectivity index (χ1n) is 7.72.